The lowest BCUT2D eigenvalue weighted by atomic mass is 10.2. The highest BCUT2D eigenvalue weighted by atomic mass is 35.5. The number of carbonyl (C=O) groups is 2. The van der Waals surface area contributed by atoms with Crippen molar-refractivity contribution in [3.05, 3.63) is 59.1 Å². The molecule has 0 fully saturated rings. The molecule has 0 radical (unpaired) electrons. The van der Waals surface area contributed by atoms with Gasteiger partial charge in [0, 0.05) is 5.02 Å². The molecule has 0 bridgehead atoms. The fourth-order valence-corrected chi connectivity index (χ4v) is 1.99. The Balaban J connectivity index is 1.62. The minimum Gasteiger partial charge on any atom is -0.493 e. The maximum absolute atomic E-state index is 11.7. The smallest absolute Gasteiger partial charge is 0.276 e. The number of rotatable bonds is 7. The Labute approximate surface area is 151 Å². The Morgan fingerprint density at radius 3 is 2.40 bits per heavy atom. The van der Waals surface area contributed by atoms with Crippen molar-refractivity contribution >= 4 is 23.4 Å². The molecule has 0 heterocycles. The third-order valence-corrected chi connectivity index (χ3v) is 3.61. The fraction of sp³-hybridized carbons (Fsp3) is 0.222. The summed E-state index contributed by atoms with van der Waals surface area (Å²) in [6.45, 7) is 1.83. The SMILES string of the molecule is Cc1cc(OCC(=O)NNC(=O)CCOc2ccccc2)ccc1Cl. The normalized spacial score (nSPS) is 10.0. The number of hydrogen-bond donors (Lipinski definition) is 2. The zero-order valence-corrected chi connectivity index (χ0v) is 14.5. The Morgan fingerprint density at radius 1 is 0.960 bits per heavy atom. The second kappa shape index (κ2) is 9.54. The van der Waals surface area contributed by atoms with Gasteiger partial charge in [-0.2, -0.15) is 0 Å². The number of benzene rings is 2. The van der Waals surface area contributed by atoms with Crippen LogP contribution in [0.2, 0.25) is 5.02 Å². The molecular formula is C18H19ClN2O4. The molecule has 2 aromatic carbocycles. The van der Waals surface area contributed by atoms with E-state index in [0.717, 1.165) is 5.56 Å². The number of amides is 2. The summed E-state index contributed by atoms with van der Waals surface area (Å²) in [6.07, 6.45) is 0.117. The van der Waals surface area contributed by atoms with Gasteiger partial charge in [-0.15, -0.1) is 0 Å². The second-order valence-electron chi connectivity index (χ2n) is 5.21. The number of halogens is 1. The molecule has 132 valence electrons. The number of para-hydroxylation sites is 1. The minimum atomic E-state index is -0.468. The summed E-state index contributed by atoms with van der Waals surface area (Å²) < 4.78 is 10.7. The Hall–Kier alpha value is -2.73. The monoisotopic (exact) mass is 362 g/mol. The van der Waals surface area contributed by atoms with E-state index >= 15 is 0 Å². The van der Waals surface area contributed by atoms with E-state index in [1.54, 1.807) is 30.3 Å². The number of ether oxygens (including phenoxy) is 2. The molecule has 2 rings (SSSR count). The van der Waals surface area contributed by atoms with Crippen molar-refractivity contribution in [3.63, 3.8) is 0 Å². The van der Waals surface area contributed by atoms with Crippen molar-refractivity contribution in [1.29, 1.82) is 0 Å². The van der Waals surface area contributed by atoms with Crippen LogP contribution in [0.3, 0.4) is 0 Å². The average Bonchev–Trinajstić information content (AvgIpc) is 2.62. The summed E-state index contributed by atoms with van der Waals surface area (Å²) >= 11 is 5.92. The van der Waals surface area contributed by atoms with Gasteiger partial charge in [0.05, 0.1) is 13.0 Å². The van der Waals surface area contributed by atoms with E-state index < -0.39 is 5.91 Å². The van der Waals surface area contributed by atoms with Gasteiger partial charge in [0.25, 0.3) is 5.91 Å². The molecule has 2 N–H and O–H groups in total. The summed E-state index contributed by atoms with van der Waals surface area (Å²) in [5.74, 6) is 0.391. The third kappa shape index (κ3) is 6.73. The number of carbonyl (C=O) groups excluding carboxylic acids is 2. The van der Waals surface area contributed by atoms with Gasteiger partial charge in [0.1, 0.15) is 11.5 Å². The van der Waals surface area contributed by atoms with Gasteiger partial charge in [0.2, 0.25) is 5.91 Å². The van der Waals surface area contributed by atoms with Crippen molar-refractivity contribution in [2.75, 3.05) is 13.2 Å². The van der Waals surface area contributed by atoms with Crippen molar-refractivity contribution in [1.82, 2.24) is 10.9 Å². The summed E-state index contributed by atoms with van der Waals surface area (Å²) in [4.78, 5) is 23.3. The molecule has 0 spiro atoms. The molecule has 0 atom stereocenters. The number of aryl methyl sites for hydroxylation is 1. The van der Waals surface area contributed by atoms with Crippen molar-refractivity contribution in [3.8, 4) is 11.5 Å². The lowest BCUT2D eigenvalue weighted by Gasteiger charge is -2.10. The molecule has 0 aromatic heterocycles. The maximum Gasteiger partial charge on any atom is 0.276 e. The van der Waals surface area contributed by atoms with Crippen LogP contribution in [-0.4, -0.2) is 25.0 Å². The summed E-state index contributed by atoms with van der Waals surface area (Å²) in [5, 5.41) is 0.627. The van der Waals surface area contributed by atoms with Crippen LogP contribution in [0.4, 0.5) is 0 Å². The van der Waals surface area contributed by atoms with E-state index in [0.29, 0.717) is 16.5 Å². The van der Waals surface area contributed by atoms with Crippen LogP contribution < -0.4 is 20.3 Å². The highest BCUT2D eigenvalue weighted by Crippen LogP contribution is 2.20. The van der Waals surface area contributed by atoms with Crippen LogP contribution in [0.1, 0.15) is 12.0 Å². The quantitative estimate of drug-likeness (QED) is 0.742. The van der Waals surface area contributed by atoms with Crippen molar-refractivity contribution < 1.29 is 19.1 Å². The first-order valence-electron chi connectivity index (χ1n) is 7.69. The summed E-state index contributed by atoms with van der Waals surface area (Å²) in [6, 6.07) is 14.3. The van der Waals surface area contributed by atoms with Gasteiger partial charge in [0.15, 0.2) is 6.61 Å². The predicted molar refractivity (Wildman–Crippen MR) is 94.5 cm³/mol. The molecule has 0 saturated carbocycles. The van der Waals surface area contributed by atoms with Crippen LogP contribution in [0.5, 0.6) is 11.5 Å². The van der Waals surface area contributed by atoms with Gasteiger partial charge in [-0.25, -0.2) is 0 Å². The predicted octanol–water partition coefficient (Wildman–Crippen LogP) is 2.64. The molecule has 7 heteroatoms. The molecule has 0 saturated heterocycles. The molecule has 6 nitrogen and oxygen atoms in total. The van der Waals surface area contributed by atoms with Gasteiger partial charge >= 0.3 is 0 Å². The highest BCUT2D eigenvalue weighted by molar-refractivity contribution is 6.31. The molecular weight excluding hydrogens is 344 g/mol. The Morgan fingerprint density at radius 2 is 1.68 bits per heavy atom. The van der Waals surface area contributed by atoms with Crippen LogP contribution in [0.15, 0.2) is 48.5 Å². The number of hydrogen-bond acceptors (Lipinski definition) is 4. The summed E-state index contributed by atoms with van der Waals surface area (Å²) in [5.41, 5.74) is 5.44. The molecule has 0 aliphatic carbocycles. The van der Waals surface area contributed by atoms with Crippen LogP contribution in [0, 0.1) is 6.92 Å². The maximum atomic E-state index is 11.7. The standard InChI is InChI=1S/C18H19ClN2O4/c1-13-11-15(7-8-16(13)19)25-12-18(23)21-20-17(22)9-10-24-14-5-3-2-4-6-14/h2-8,11H,9-10,12H2,1H3,(H,20,22)(H,21,23). The molecule has 0 unspecified atom stereocenters. The van der Waals surface area contributed by atoms with Gasteiger partial charge < -0.3 is 9.47 Å². The molecule has 2 amide bonds. The van der Waals surface area contributed by atoms with Gasteiger partial charge in [-0.1, -0.05) is 29.8 Å². The Kier molecular flexibility index (Phi) is 7.10. The second-order valence-corrected chi connectivity index (χ2v) is 5.61. The van der Waals surface area contributed by atoms with E-state index in [-0.39, 0.29) is 25.5 Å². The largest absolute Gasteiger partial charge is 0.493 e. The third-order valence-electron chi connectivity index (χ3n) is 3.18. The topological polar surface area (TPSA) is 76.7 Å². The van der Waals surface area contributed by atoms with E-state index in [9.17, 15) is 9.59 Å². The van der Waals surface area contributed by atoms with Crippen LogP contribution in [-0.2, 0) is 9.59 Å². The van der Waals surface area contributed by atoms with E-state index in [4.69, 9.17) is 21.1 Å². The zero-order chi connectivity index (χ0) is 18.1. The lowest BCUT2D eigenvalue weighted by molar-refractivity contribution is -0.130. The zero-order valence-electron chi connectivity index (χ0n) is 13.8. The summed E-state index contributed by atoms with van der Waals surface area (Å²) in [7, 11) is 0. The van der Waals surface area contributed by atoms with Crippen LogP contribution in [0.25, 0.3) is 0 Å². The first-order valence-corrected chi connectivity index (χ1v) is 8.07. The molecule has 2 aromatic rings. The van der Waals surface area contributed by atoms with Gasteiger partial charge in [-0.3, -0.25) is 20.4 Å². The first kappa shape index (κ1) is 18.6. The number of nitrogens with one attached hydrogen (secondary N) is 2. The Bertz CT molecular complexity index is 722. The average molecular weight is 363 g/mol. The first-order chi connectivity index (χ1) is 12.0. The van der Waals surface area contributed by atoms with Crippen LogP contribution >= 0.6 is 11.6 Å². The van der Waals surface area contributed by atoms with Crippen molar-refractivity contribution in [2.24, 2.45) is 0 Å². The van der Waals surface area contributed by atoms with E-state index in [1.807, 2.05) is 25.1 Å². The lowest BCUT2D eigenvalue weighted by Crippen LogP contribution is -2.44. The molecule has 0 aliphatic heterocycles. The molecule has 25 heavy (non-hydrogen) atoms. The minimum absolute atomic E-state index is 0.117. The van der Waals surface area contributed by atoms with Gasteiger partial charge in [-0.05, 0) is 42.8 Å². The van der Waals surface area contributed by atoms with E-state index in [1.165, 1.54) is 0 Å². The fourth-order valence-electron chi connectivity index (χ4n) is 1.87. The highest BCUT2D eigenvalue weighted by Gasteiger charge is 2.07. The van der Waals surface area contributed by atoms with E-state index in [2.05, 4.69) is 10.9 Å². The molecule has 0 aliphatic rings. The number of hydrazine groups is 1. The van der Waals surface area contributed by atoms with Crippen molar-refractivity contribution in [2.45, 2.75) is 13.3 Å².